The average molecular weight is 274 g/mol. The van der Waals surface area contributed by atoms with Gasteiger partial charge in [-0.1, -0.05) is 36.4 Å². The molecule has 1 N–H and O–H groups in total. The molecule has 0 saturated carbocycles. The molecule has 1 aromatic rings. The number of hydrogen-bond acceptors (Lipinski definition) is 3. The Hall–Kier alpha value is -1.65. The summed E-state index contributed by atoms with van der Waals surface area (Å²) in [6.07, 6.45) is 1.32. The van der Waals surface area contributed by atoms with E-state index in [2.05, 4.69) is 48.0 Å². The molecule has 0 radical (unpaired) electrons. The molecule has 1 aliphatic heterocycles. The highest BCUT2D eigenvalue weighted by Crippen LogP contribution is 2.16. The fraction of sp³-hybridized carbons (Fsp3) is 0.438. The predicted molar refractivity (Wildman–Crippen MR) is 79.5 cm³/mol. The first-order valence-corrected chi connectivity index (χ1v) is 6.98. The largest absolute Gasteiger partial charge is 0.379 e. The number of carbonyl (C=O) groups is 1. The normalized spacial score (nSPS) is 17.4. The number of ether oxygens (including phenoxy) is 1. The molecule has 108 valence electrons. The van der Waals surface area contributed by atoms with Crippen LogP contribution in [0.4, 0.5) is 0 Å². The number of amides is 1. The minimum atomic E-state index is -0.135. The second kappa shape index (κ2) is 7.22. The van der Waals surface area contributed by atoms with Gasteiger partial charge in [0.05, 0.1) is 19.3 Å². The zero-order valence-corrected chi connectivity index (χ0v) is 12.0. The Bertz CT molecular complexity index is 450. The molecule has 2 rings (SSSR count). The van der Waals surface area contributed by atoms with Crippen molar-refractivity contribution in [1.82, 2.24) is 10.2 Å². The Morgan fingerprint density at radius 1 is 1.40 bits per heavy atom. The van der Waals surface area contributed by atoms with Crippen molar-refractivity contribution in [3.05, 3.63) is 48.0 Å². The summed E-state index contributed by atoms with van der Waals surface area (Å²) >= 11 is 0. The van der Waals surface area contributed by atoms with Gasteiger partial charge in [-0.3, -0.25) is 9.69 Å². The molecular formula is C16H22N2O2. The quantitative estimate of drug-likeness (QED) is 0.831. The number of benzene rings is 1. The van der Waals surface area contributed by atoms with Gasteiger partial charge in [-0.15, -0.1) is 0 Å². The molecule has 1 atom stereocenters. The summed E-state index contributed by atoms with van der Waals surface area (Å²) in [6.45, 7) is 9.72. The SMILES string of the molecule is C=CC(=O)NC(CN1CCOCC1)c1ccc(C)cc1. The first kappa shape index (κ1) is 14.8. The highest BCUT2D eigenvalue weighted by Gasteiger charge is 2.19. The van der Waals surface area contributed by atoms with E-state index >= 15 is 0 Å². The van der Waals surface area contributed by atoms with Gasteiger partial charge in [0.2, 0.25) is 5.91 Å². The fourth-order valence-corrected chi connectivity index (χ4v) is 2.31. The van der Waals surface area contributed by atoms with Gasteiger partial charge in [0.15, 0.2) is 0 Å². The number of nitrogens with zero attached hydrogens (tertiary/aromatic N) is 1. The maximum absolute atomic E-state index is 11.6. The molecule has 0 spiro atoms. The Balaban J connectivity index is 2.08. The van der Waals surface area contributed by atoms with E-state index in [9.17, 15) is 4.79 Å². The lowest BCUT2D eigenvalue weighted by Crippen LogP contribution is -2.42. The van der Waals surface area contributed by atoms with Gasteiger partial charge in [0.1, 0.15) is 0 Å². The maximum Gasteiger partial charge on any atom is 0.243 e. The topological polar surface area (TPSA) is 41.6 Å². The molecule has 1 heterocycles. The third-order valence-electron chi connectivity index (χ3n) is 3.53. The van der Waals surface area contributed by atoms with Crippen LogP contribution in [-0.4, -0.2) is 43.7 Å². The lowest BCUT2D eigenvalue weighted by atomic mass is 10.0. The lowest BCUT2D eigenvalue weighted by Gasteiger charge is -2.31. The second-order valence-corrected chi connectivity index (χ2v) is 5.09. The third-order valence-corrected chi connectivity index (χ3v) is 3.53. The molecule has 0 aliphatic carbocycles. The van der Waals surface area contributed by atoms with Gasteiger partial charge in [-0.05, 0) is 18.6 Å². The van der Waals surface area contributed by atoms with Crippen molar-refractivity contribution in [2.24, 2.45) is 0 Å². The molecule has 0 aromatic heterocycles. The van der Waals surface area contributed by atoms with Crippen LogP contribution >= 0.6 is 0 Å². The molecule has 1 saturated heterocycles. The first-order valence-electron chi connectivity index (χ1n) is 6.98. The van der Waals surface area contributed by atoms with Crippen LogP contribution in [0.5, 0.6) is 0 Å². The summed E-state index contributed by atoms with van der Waals surface area (Å²) in [5.41, 5.74) is 2.34. The number of hydrogen-bond donors (Lipinski definition) is 1. The number of rotatable bonds is 5. The van der Waals surface area contributed by atoms with Crippen molar-refractivity contribution >= 4 is 5.91 Å². The monoisotopic (exact) mass is 274 g/mol. The average Bonchev–Trinajstić information content (AvgIpc) is 2.48. The number of morpholine rings is 1. The first-order chi connectivity index (χ1) is 9.69. The Morgan fingerprint density at radius 3 is 2.65 bits per heavy atom. The van der Waals surface area contributed by atoms with Crippen molar-refractivity contribution in [3.63, 3.8) is 0 Å². The van der Waals surface area contributed by atoms with Crippen LogP contribution < -0.4 is 5.32 Å². The molecule has 4 heteroatoms. The van der Waals surface area contributed by atoms with Gasteiger partial charge in [-0.25, -0.2) is 0 Å². The van der Waals surface area contributed by atoms with E-state index in [0.29, 0.717) is 0 Å². The van der Waals surface area contributed by atoms with E-state index in [4.69, 9.17) is 4.74 Å². The second-order valence-electron chi connectivity index (χ2n) is 5.09. The van der Waals surface area contributed by atoms with Crippen LogP contribution in [0.3, 0.4) is 0 Å². The molecule has 1 fully saturated rings. The van der Waals surface area contributed by atoms with Crippen LogP contribution in [0.1, 0.15) is 17.2 Å². The number of carbonyl (C=O) groups excluding carboxylic acids is 1. The summed E-state index contributed by atoms with van der Waals surface area (Å²) in [5, 5.41) is 3.01. The molecular weight excluding hydrogens is 252 g/mol. The minimum absolute atomic E-state index is 0.0146. The van der Waals surface area contributed by atoms with Gasteiger partial charge >= 0.3 is 0 Å². The molecule has 20 heavy (non-hydrogen) atoms. The van der Waals surface area contributed by atoms with Crippen LogP contribution in [0.2, 0.25) is 0 Å². The Labute approximate surface area is 120 Å². The van der Waals surface area contributed by atoms with Crippen molar-refractivity contribution in [1.29, 1.82) is 0 Å². The van der Waals surface area contributed by atoms with Gasteiger partial charge in [-0.2, -0.15) is 0 Å². The molecule has 1 unspecified atom stereocenters. The van der Waals surface area contributed by atoms with E-state index in [1.807, 2.05) is 0 Å². The molecule has 0 bridgehead atoms. The summed E-state index contributed by atoms with van der Waals surface area (Å²) < 4.78 is 5.36. The fourth-order valence-electron chi connectivity index (χ4n) is 2.31. The maximum atomic E-state index is 11.6. The number of nitrogens with one attached hydrogen (secondary N) is 1. The highest BCUT2D eigenvalue weighted by molar-refractivity contribution is 5.87. The van der Waals surface area contributed by atoms with Crippen molar-refractivity contribution in [2.45, 2.75) is 13.0 Å². The molecule has 1 aromatic carbocycles. The molecule has 4 nitrogen and oxygen atoms in total. The zero-order chi connectivity index (χ0) is 14.4. The highest BCUT2D eigenvalue weighted by atomic mass is 16.5. The Kier molecular flexibility index (Phi) is 5.32. The number of aryl methyl sites for hydroxylation is 1. The summed E-state index contributed by atoms with van der Waals surface area (Å²) in [7, 11) is 0. The predicted octanol–water partition coefficient (Wildman–Crippen LogP) is 1.67. The van der Waals surface area contributed by atoms with Crippen molar-refractivity contribution in [2.75, 3.05) is 32.8 Å². The van der Waals surface area contributed by atoms with Crippen molar-refractivity contribution < 1.29 is 9.53 Å². The summed E-state index contributed by atoms with van der Waals surface area (Å²) in [6, 6.07) is 8.27. The van der Waals surface area contributed by atoms with Gasteiger partial charge in [0, 0.05) is 19.6 Å². The Morgan fingerprint density at radius 2 is 2.05 bits per heavy atom. The van der Waals surface area contributed by atoms with E-state index in [1.54, 1.807) is 0 Å². The van der Waals surface area contributed by atoms with Crippen molar-refractivity contribution in [3.8, 4) is 0 Å². The van der Waals surface area contributed by atoms with E-state index in [1.165, 1.54) is 11.6 Å². The van der Waals surface area contributed by atoms with E-state index < -0.39 is 0 Å². The molecule has 1 amide bonds. The zero-order valence-electron chi connectivity index (χ0n) is 12.0. The summed E-state index contributed by atoms with van der Waals surface area (Å²) in [5.74, 6) is -0.135. The van der Waals surface area contributed by atoms with E-state index in [-0.39, 0.29) is 11.9 Å². The van der Waals surface area contributed by atoms with Crippen LogP contribution in [0.25, 0.3) is 0 Å². The standard InChI is InChI=1S/C16H22N2O2/c1-3-16(19)17-15(12-18-8-10-20-11-9-18)14-6-4-13(2)5-7-14/h3-7,15H,1,8-12H2,2H3,(H,17,19). The smallest absolute Gasteiger partial charge is 0.243 e. The van der Waals surface area contributed by atoms with Crippen LogP contribution in [0.15, 0.2) is 36.9 Å². The summed E-state index contributed by atoms with van der Waals surface area (Å²) in [4.78, 5) is 13.9. The van der Waals surface area contributed by atoms with Crippen LogP contribution in [-0.2, 0) is 9.53 Å². The van der Waals surface area contributed by atoms with Gasteiger partial charge < -0.3 is 10.1 Å². The lowest BCUT2D eigenvalue weighted by molar-refractivity contribution is -0.117. The molecule has 1 aliphatic rings. The van der Waals surface area contributed by atoms with Gasteiger partial charge in [0.25, 0.3) is 0 Å². The van der Waals surface area contributed by atoms with E-state index in [0.717, 1.165) is 38.4 Å². The third kappa shape index (κ3) is 4.18. The van der Waals surface area contributed by atoms with Crippen LogP contribution in [0, 0.1) is 6.92 Å². The minimum Gasteiger partial charge on any atom is -0.379 e.